The van der Waals surface area contributed by atoms with Gasteiger partial charge < -0.3 is 10.1 Å². The Morgan fingerprint density at radius 1 is 1.57 bits per heavy atom. The van der Waals surface area contributed by atoms with Crippen molar-refractivity contribution < 1.29 is 13.2 Å². The van der Waals surface area contributed by atoms with Gasteiger partial charge in [0.05, 0.1) is 11.1 Å². The largest absolute Gasteiger partial charge is 0.377 e. The van der Waals surface area contributed by atoms with Crippen molar-refractivity contribution in [3.05, 3.63) is 17.3 Å². The molecule has 1 aliphatic rings. The first-order valence-corrected chi connectivity index (χ1v) is 8.74. The molecule has 1 fully saturated rings. The Balaban J connectivity index is 2.16. The van der Waals surface area contributed by atoms with Gasteiger partial charge in [0.25, 0.3) is 0 Å². The molecule has 1 N–H and O–H groups in total. The molecular weight excluding hydrogens is 314 g/mol. The van der Waals surface area contributed by atoms with Gasteiger partial charge in [0.15, 0.2) is 0 Å². The highest BCUT2D eigenvalue weighted by molar-refractivity contribution is 7.89. The van der Waals surface area contributed by atoms with Crippen LogP contribution in [0.5, 0.6) is 0 Å². The van der Waals surface area contributed by atoms with E-state index in [0.717, 1.165) is 12.8 Å². The van der Waals surface area contributed by atoms with Crippen LogP contribution in [0.3, 0.4) is 0 Å². The Labute approximate surface area is 130 Å². The van der Waals surface area contributed by atoms with Crippen molar-refractivity contribution in [2.75, 3.05) is 32.1 Å². The molecule has 0 amide bonds. The van der Waals surface area contributed by atoms with Crippen molar-refractivity contribution >= 4 is 27.4 Å². The van der Waals surface area contributed by atoms with E-state index in [4.69, 9.17) is 16.3 Å². The van der Waals surface area contributed by atoms with E-state index in [0.29, 0.717) is 30.5 Å². The Hall–Kier alpha value is -0.890. The van der Waals surface area contributed by atoms with Gasteiger partial charge in [-0.25, -0.2) is 13.4 Å². The van der Waals surface area contributed by atoms with Crippen molar-refractivity contribution in [2.45, 2.75) is 30.8 Å². The quantitative estimate of drug-likeness (QED) is 0.861. The zero-order valence-corrected chi connectivity index (χ0v) is 13.7. The zero-order chi connectivity index (χ0) is 15.5. The summed E-state index contributed by atoms with van der Waals surface area (Å²) in [5.41, 5.74) is 0. The second-order valence-corrected chi connectivity index (χ2v) is 7.40. The highest BCUT2D eigenvalue weighted by Crippen LogP contribution is 2.24. The molecule has 8 heteroatoms. The number of hydrogen-bond donors (Lipinski definition) is 1. The summed E-state index contributed by atoms with van der Waals surface area (Å²) in [6, 6.07) is 1.42. The van der Waals surface area contributed by atoms with Crippen LogP contribution in [0, 0.1) is 0 Å². The van der Waals surface area contributed by atoms with Crippen LogP contribution in [0.2, 0.25) is 5.02 Å². The van der Waals surface area contributed by atoms with Crippen molar-refractivity contribution in [3.63, 3.8) is 0 Å². The minimum atomic E-state index is -3.60. The number of sulfonamides is 1. The maximum Gasteiger partial charge on any atom is 0.244 e. The molecule has 1 aromatic heterocycles. The van der Waals surface area contributed by atoms with Crippen LogP contribution < -0.4 is 5.32 Å². The van der Waals surface area contributed by atoms with E-state index in [1.807, 2.05) is 6.92 Å². The summed E-state index contributed by atoms with van der Waals surface area (Å²) in [5, 5.41) is 3.27. The lowest BCUT2D eigenvalue weighted by molar-refractivity contribution is 0.0979. The average molecular weight is 334 g/mol. The minimum Gasteiger partial charge on any atom is -0.377 e. The van der Waals surface area contributed by atoms with Crippen LogP contribution in [0.1, 0.15) is 19.8 Å². The molecule has 2 heterocycles. The van der Waals surface area contributed by atoms with E-state index in [-0.39, 0.29) is 11.0 Å². The van der Waals surface area contributed by atoms with Gasteiger partial charge in [0.2, 0.25) is 10.0 Å². The second kappa shape index (κ2) is 6.91. The smallest absolute Gasteiger partial charge is 0.244 e. The fourth-order valence-corrected chi connectivity index (χ4v) is 3.69. The van der Waals surface area contributed by atoms with Crippen LogP contribution in [0.25, 0.3) is 0 Å². The first kappa shape index (κ1) is 16.5. The van der Waals surface area contributed by atoms with E-state index < -0.39 is 10.0 Å². The number of nitrogens with zero attached hydrogens (tertiary/aromatic N) is 2. The van der Waals surface area contributed by atoms with E-state index in [1.165, 1.54) is 16.6 Å². The van der Waals surface area contributed by atoms with Gasteiger partial charge in [-0.15, -0.1) is 0 Å². The van der Waals surface area contributed by atoms with Crippen molar-refractivity contribution in [2.24, 2.45) is 0 Å². The molecule has 0 bridgehead atoms. The number of hydrogen-bond acceptors (Lipinski definition) is 5. The highest BCUT2D eigenvalue weighted by Gasteiger charge is 2.26. The fourth-order valence-electron chi connectivity index (χ4n) is 2.21. The van der Waals surface area contributed by atoms with E-state index in [9.17, 15) is 8.42 Å². The number of pyridine rings is 1. The molecule has 1 aromatic rings. The number of halogens is 1. The van der Waals surface area contributed by atoms with E-state index in [2.05, 4.69) is 10.3 Å². The fraction of sp³-hybridized carbons (Fsp3) is 0.615. The van der Waals surface area contributed by atoms with Crippen LogP contribution in [0.4, 0.5) is 5.82 Å². The summed E-state index contributed by atoms with van der Waals surface area (Å²) in [7, 11) is -2.06. The highest BCUT2D eigenvalue weighted by atomic mass is 35.5. The first-order valence-electron chi connectivity index (χ1n) is 6.92. The summed E-state index contributed by atoms with van der Waals surface area (Å²) in [4.78, 5) is 4.16. The topological polar surface area (TPSA) is 71.5 Å². The summed E-state index contributed by atoms with van der Waals surface area (Å²) in [6.07, 6.45) is 3.15. The van der Waals surface area contributed by atoms with Crippen molar-refractivity contribution in [3.8, 4) is 0 Å². The van der Waals surface area contributed by atoms with Gasteiger partial charge in [-0.3, -0.25) is 0 Å². The third-order valence-electron chi connectivity index (χ3n) is 3.35. The van der Waals surface area contributed by atoms with Gasteiger partial charge in [0.1, 0.15) is 10.7 Å². The Kier molecular flexibility index (Phi) is 5.43. The van der Waals surface area contributed by atoms with Crippen molar-refractivity contribution in [1.29, 1.82) is 0 Å². The van der Waals surface area contributed by atoms with Crippen LogP contribution in [-0.4, -0.2) is 50.6 Å². The Morgan fingerprint density at radius 3 is 2.90 bits per heavy atom. The molecular formula is C13H20ClN3O3S. The maximum atomic E-state index is 12.5. The summed E-state index contributed by atoms with van der Waals surface area (Å²) in [6.45, 7) is 3.62. The molecule has 118 valence electrons. The van der Waals surface area contributed by atoms with Gasteiger partial charge in [-0.1, -0.05) is 11.6 Å². The normalized spacial score (nSPS) is 19.1. The SMILES string of the molecule is CCNc1ncc(S(=O)(=O)N(C)CC2CCCO2)cc1Cl. The number of anilines is 1. The number of likely N-dealkylation sites (N-methyl/N-ethyl adjacent to an activating group) is 1. The second-order valence-electron chi connectivity index (χ2n) is 4.95. The third-order valence-corrected chi connectivity index (χ3v) is 5.43. The molecule has 0 aromatic carbocycles. The summed E-state index contributed by atoms with van der Waals surface area (Å²) in [5.74, 6) is 0.486. The molecule has 2 rings (SSSR count). The van der Waals surface area contributed by atoms with Gasteiger partial charge >= 0.3 is 0 Å². The molecule has 6 nitrogen and oxygen atoms in total. The predicted octanol–water partition coefficient (Wildman–Crippen LogP) is 1.97. The Bertz CT molecular complexity index is 588. The lowest BCUT2D eigenvalue weighted by Crippen LogP contribution is -2.34. The summed E-state index contributed by atoms with van der Waals surface area (Å²) >= 11 is 6.06. The van der Waals surface area contributed by atoms with Crippen LogP contribution >= 0.6 is 11.6 Å². The average Bonchev–Trinajstić information content (AvgIpc) is 2.94. The van der Waals surface area contributed by atoms with Gasteiger partial charge in [-0.2, -0.15) is 4.31 Å². The standard InChI is InChI=1S/C13H20ClN3O3S/c1-3-15-13-12(14)7-11(8-16-13)21(18,19)17(2)9-10-5-4-6-20-10/h7-8,10H,3-6,9H2,1-2H3,(H,15,16). The number of ether oxygens (including phenoxy) is 1. The molecule has 1 aliphatic heterocycles. The molecule has 0 saturated carbocycles. The van der Waals surface area contributed by atoms with Gasteiger partial charge in [-0.05, 0) is 25.8 Å². The lowest BCUT2D eigenvalue weighted by atomic mass is 10.2. The predicted molar refractivity (Wildman–Crippen MR) is 82.2 cm³/mol. The molecule has 0 spiro atoms. The van der Waals surface area contributed by atoms with Crippen molar-refractivity contribution in [1.82, 2.24) is 9.29 Å². The molecule has 1 unspecified atom stereocenters. The van der Waals surface area contributed by atoms with E-state index in [1.54, 1.807) is 7.05 Å². The molecule has 1 saturated heterocycles. The number of aromatic nitrogens is 1. The number of rotatable bonds is 6. The first-order chi connectivity index (χ1) is 9.95. The van der Waals surface area contributed by atoms with E-state index >= 15 is 0 Å². The molecule has 21 heavy (non-hydrogen) atoms. The third kappa shape index (κ3) is 3.85. The van der Waals surface area contributed by atoms with Crippen LogP contribution in [-0.2, 0) is 14.8 Å². The Morgan fingerprint density at radius 2 is 2.33 bits per heavy atom. The minimum absolute atomic E-state index is 0.0331. The monoisotopic (exact) mass is 333 g/mol. The van der Waals surface area contributed by atoms with Crippen LogP contribution in [0.15, 0.2) is 17.2 Å². The summed E-state index contributed by atoms with van der Waals surface area (Å²) < 4.78 is 31.8. The molecule has 0 radical (unpaired) electrons. The van der Waals surface area contributed by atoms with Gasteiger partial charge in [0, 0.05) is 32.9 Å². The molecule has 0 aliphatic carbocycles. The zero-order valence-electron chi connectivity index (χ0n) is 12.2. The lowest BCUT2D eigenvalue weighted by Gasteiger charge is -2.20. The maximum absolute atomic E-state index is 12.5. The number of nitrogens with one attached hydrogen (secondary N) is 1. The molecule has 1 atom stereocenters.